The topological polar surface area (TPSA) is 82.1 Å². The van der Waals surface area contributed by atoms with Gasteiger partial charge in [0.05, 0.1) is 0 Å². The number of benzene rings is 2. The molecular weight excluding hydrogens is 423 g/mol. The molecule has 1 N–H and O–H groups in total. The van der Waals surface area contributed by atoms with E-state index >= 15 is 0 Å². The summed E-state index contributed by atoms with van der Waals surface area (Å²) in [6, 6.07) is 13.8. The quantitative estimate of drug-likeness (QED) is 0.552. The molecule has 0 aliphatic rings. The van der Waals surface area contributed by atoms with Gasteiger partial charge in [0, 0.05) is 0 Å². The zero-order chi connectivity index (χ0) is 16.2. The van der Waals surface area contributed by atoms with Gasteiger partial charge >= 0.3 is 137 Å². The van der Waals surface area contributed by atoms with Crippen LogP contribution in [0, 0.1) is 7.14 Å². The maximum absolute atomic E-state index is 11.2. The Balaban J connectivity index is 2.40. The van der Waals surface area contributed by atoms with Gasteiger partial charge in [-0.25, -0.2) is 0 Å². The van der Waals surface area contributed by atoms with Crippen molar-refractivity contribution >= 4 is 30.6 Å². The van der Waals surface area contributed by atoms with Crippen LogP contribution >= 0.6 is 20.2 Å². The fraction of sp³-hybridized carbons (Fsp3) is 0.143. The fourth-order valence-corrected chi connectivity index (χ4v) is 7.31. The van der Waals surface area contributed by atoms with Gasteiger partial charge in [-0.1, -0.05) is 0 Å². The standard InChI is InChI=1S/C14H15IO6S/c1-19-13-7-3-11(4-8-13)15(21-22(16,17)18)12-5-9-14(20-2)10-6-12/h3-10H,1-2H3,(H,16,17,18). The molecule has 0 unspecified atom stereocenters. The van der Waals surface area contributed by atoms with Crippen molar-refractivity contribution in [1.82, 2.24) is 0 Å². The van der Waals surface area contributed by atoms with E-state index in [1.54, 1.807) is 62.8 Å². The molecule has 22 heavy (non-hydrogen) atoms. The zero-order valence-electron chi connectivity index (χ0n) is 11.9. The van der Waals surface area contributed by atoms with E-state index in [2.05, 4.69) is 0 Å². The molecule has 120 valence electrons. The van der Waals surface area contributed by atoms with Crippen molar-refractivity contribution in [2.75, 3.05) is 14.2 Å². The number of methoxy groups -OCH3 is 2. The molecule has 0 spiro atoms. The predicted octanol–water partition coefficient (Wildman–Crippen LogP) is 2.98. The summed E-state index contributed by atoms with van der Waals surface area (Å²) in [5, 5.41) is 0. The number of rotatable bonds is 6. The third-order valence-corrected chi connectivity index (χ3v) is 9.07. The molecule has 0 aliphatic heterocycles. The van der Waals surface area contributed by atoms with Crippen LogP contribution in [0.25, 0.3) is 0 Å². The molecule has 8 heteroatoms. The van der Waals surface area contributed by atoms with Crippen LogP contribution in [0.5, 0.6) is 11.5 Å². The van der Waals surface area contributed by atoms with Gasteiger partial charge in [0.2, 0.25) is 0 Å². The molecule has 0 atom stereocenters. The van der Waals surface area contributed by atoms with Crippen molar-refractivity contribution in [3.05, 3.63) is 55.7 Å². The molecule has 2 aromatic rings. The van der Waals surface area contributed by atoms with Crippen LogP contribution in [0.2, 0.25) is 0 Å². The van der Waals surface area contributed by atoms with Crippen LogP contribution in [-0.4, -0.2) is 27.2 Å². The van der Waals surface area contributed by atoms with Crippen molar-refractivity contribution < 1.29 is 25.0 Å². The van der Waals surface area contributed by atoms with E-state index in [0.29, 0.717) is 18.6 Å². The fourth-order valence-electron chi connectivity index (χ4n) is 1.65. The van der Waals surface area contributed by atoms with Crippen molar-refractivity contribution in [2.45, 2.75) is 0 Å². The minimum atomic E-state index is -4.54. The van der Waals surface area contributed by atoms with Gasteiger partial charge in [-0.05, 0) is 0 Å². The number of hydrogen-bond donors (Lipinski definition) is 1. The number of halogens is 1. The van der Waals surface area contributed by atoms with Crippen molar-refractivity contribution in [3.8, 4) is 11.5 Å². The zero-order valence-corrected chi connectivity index (χ0v) is 14.9. The average molecular weight is 438 g/mol. The van der Waals surface area contributed by atoms with Gasteiger partial charge < -0.3 is 0 Å². The van der Waals surface area contributed by atoms with Crippen LogP contribution < -0.4 is 9.47 Å². The molecule has 0 fully saturated rings. The first-order chi connectivity index (χ1) is 10.4. The van der Waals surface area contributed by atoms with Gasteiger partial charge in [0.15, 0.2) is 0 Å². The summed E-state index contributed by atoms with van der Waals surface area (Å²) in [5.41, 5.74) is 0. The van der Waals surface area contributed by atoms with E-state index in [-0.39, 0.29) is 0 Å². The van der Waals surface area contributed by atoms with Gasteiger partial charge in [0.1, 0.15) is 0 Å². The van der Waals surface area contributed by atoms with E-state index in [1.807, 2.05) is 0 Å². The monoisotopic (exact) mass is 438 g/mol. The maximum atomic E-state index is 11.2. The summed E-state index contributed by atoms with van der Waals surface area (Å²) in [7, 11) is -1.45. The van der Waals surface area contributed by atoms with E-state index in [9.17, 15) is 8.42 Å². The van der Waals surface area contributed by atoms with Crippen LogP contribution in [0.1, 0.15) is 0 Å². The second kappa shape index (κ2) is 7.27. The van der Waals surface area contributed by atoms with Gasteiger partial charge in [-0.2, -0.15) is 0 Å². The molecule has 0 radical (unpaired) electrons. The molecule has 6 nitrogen and oxygen atoms in total. The Bertz CT molecular complexity index is 665. The Kier molecular flexibility index (Phi) is 5.62. The third-order valence-electron chi connectivity index (χ3n) is 2.64. The molecule has 2 rings (SSSR count). The Hall–Kier alpha value is -1.36. The van der Waals surface area contributed by atoms with Crippen molar-refractivity contribution in [2.24, 2.45) is 0 Å². The molecule has 0 saturated carbocycles. The predicted molar refractivity (Wildman–Crippen MR) is 90.0 cm³/mol. The summed E-state index contributed by atoms with van der Waals surface area (Å²) in [6.45, 7) is 0. The van der Waals surface area contributed by atoms with Crippen LogP contribution in [0.4, 0.5) is 0 Å². The Morgan fingerprint density at radius 3 is 1.45 bits per heavy atom. The molecule has 2 aromatic carbocycles. The summed E-state index contributed by atoms with van der Waals surface area (Å²) >= 11 is -2.80. The first kappa shape index (κ1) is 17.0. The van der Waals surface area contributed by atoms with Crippen LogP contribution in [0.3, 0.4) is 0 Å². The first-order valence-electron chi connectivity index (χ1n) is 6.08. The second-order valence-electron chi connectivity index (χ2n) is 4.06. The van der Waals surface area contributed by atoms with E-state index in [1.165, 1.54) is 0 Å². The van der Waals surface area contributed by atoms with Crippen LogP contribution in [0.15, 0.2) is 48.5 Å². The molecule has 0 saturated heterocycles. The second-order valence-corrected chi connectivity index (χ2v) is 10.0. The molecular formula is C14H15IO6S. The van der Waals surface area contributed by atoms with Gasteiger partial charge in [0.25, 0.3) is 0 Å². The number of hydrogen-bond acceptors (Lipinski definition) is 5. The molecule has 0 aromatic heterocycles. The van der Waals surface area contributed by atoms with E-state index in [0.717, 1.165) is 0 Å². The van der Waals surface area contributed by atoms with E-state index < -0.39 is 30.6 Å². The normalized spacial score (nSPS) is 11.9. The third kappa shape index (κ3) is 4.57. The summed E-state index contributed by atoms with van der Waals surface area (Å²) in [4.78, 5) is 0. The van der Waals surface area contributed by atoms with Crippen molar-refractivity contribution in [3.63, 3.8) is 0 Å². The first-order valence-corrected chi connectivity index (χ1v) is 10.5. The van der Waals surface area contributed by atoms with Gasteiger partial charge in [-0.3, -0.25) is 0 Å². The molecule has 0 heterocycles. The molecule has 0 aliphatic carbocycles. The Morgan fingerprint density at radius 2 is 1.18 bits per heavy atom. The Labute approximate surface area is 136 Å². The average Bonchev–Trinajstić information content (AvgIpc) is 2.52. The number of ether oxygens (including phenoxy) is 2. The SMILES string of the molecule is COc1ccc(I(OS(=O)(=O)O)c2ccc(OC)cc2)cc1. The summed E-state index contributed by atoms with van der Waals surface area (Å²) in [5.74, 6) is 1.31. The van der Waals surface area contributed by atoms with Crippen molar-refractivity contribution in [1.29, 1.82) is 0 Å². The summed E-state index contributed by atoms with van der Waals surface area (Å²) in [6.07, 6.45) is 0. The summed E-state index contributed by atoms with van der Waals surface area (Å²) < 4.78 is 47.9. The molecule has 0 amide bonds. The van der Waals surface area contributed by atoms with E-state index in [4.69, 9.17) is 16.5 Å². The minimum absolute atomic E-state index is 0.654. The van der Waals surface area contributed by atoms with Gasteiger partial charge in [-0.15, -0.1) is 0 Å². The molecule has 0 bridgehead atoms. The Morgan fingerprint density at radius 1 is 0.818 bits per heavy atom. The van der Waals surface area contributed by atoms with Crippen LogP contribution in [-0.2, 0) is 12.9 Å².